The molecule has 0 unspecified atom stereocenters. The van der Waals surface area contributed by atoms with Gasteiger partial charge in [-0.3, -0.25) is 14.9 Å². The number of carbonyl (C=O) groups is 4. The Balaban J connectivity index is 1.36. The van der Waals surface area contributed by atoms with E-state index in [0.717, 1.165) is 25.7 Å². The number of urea groups is 1. The minimum absolute atomic E-state index is 0.0116. The summed E-state index contributed by atoms with van der Waals surface area (Å²) >= 11 is 0. The number of hydrogen-bond donors (Lipinski definition) is 2. The molecule has 9 nitrogen and oxygen atoms in total. The van der Waals surface area contributed by atoms with Crippen molar-refractivity contribution in [2.75, 3.05) is 19.8 Å². The molecular formula is C26H28N2O7. The predicted octanol–water partition coefficient (Wildman–Crippen LogP) is 3.25. The molecule has 1 heterocycles. The van der Waals surface area contributed by atoms with Crippen molar-refractivity contribution < 1.29 is 33.4 Å². The van der Waals surface area contributed by atoms with Gasteiger partial charge in [0, 0.05) is 17.2 Å². The van der Waals surface area contributed by atoms with E-state index >= 15 is 0 Å². The molecule has 0 aromatic heterocycles. The van der Waals surface area contributed by atoms with Gasteiger partial charge in [0.1, 0.15) is 13.2 Å². The van der Waals surface area contributed by atoms with E-state index in [2.05, 4.69) is 17.6 Å². The number of hydrogen-bond acceptors (Lipinski definition) is 7. The topological polar surface area (TPSA) is 120 Å². The molecule has 0 saturated heterocycles. The summed E-state index contributed by atoms with van der Waals surface area (Å²) in [6.07, 6.45) is 4.06. The molecule has 1 saturated carbocycles. The van der Waals surface area contributed by atoms with Crippen molar-refractivity contribution >= 4 is 23.7 Å². The first-order valence-electron chi connectivity index (χ1n) is 11.7. The second-order valence-corrected chi connectivity index (χ2v) is 8.70. The lowest BCUT2D eigenvalue weighted by molar-refractivity contribution is -0.123. The molecule has 2 aromatic carbocycles. The van der Waals surface area contributed by atoms with Crippen LogP contribution in [0.3, 0.4) is 0 Å². The Morgan fingerprint density at radius 1 is 0.943 bits per heavy atom. The van der Waals surface area contributed by atoms with Crippen molar-refractivity contribution in [1.29, 1.82) is 0 Å². The fraction of sp³-hybridized carbons (Fsp3) is 0.385. The first kappa shape index (κ1) is 24.3. The molecule has 1 fully saturated rings. The number of benzene rings is 2. The highest BCUT2D eigenvalue weighted by Crippen LogP contribution is 2.31. The van der Waals surface area contributed by atoms with Crippen LogP contribution in [0.2, 0.25) is 0 Å². The maximum atomic E-state index is 13.1. The van der Waals surface area contributed by atoms with Crippen molar-refractivity contribution in [1.82, 2.24) is 10.6 Å². The van der Waals surface area contributed by atoms with Crippen molar-refractivity contribution in [3.8, 4) is 11.5 Å². The third-order valence-corrected chi connectivity index (χ3v) is 6.21. The molecular weight excluding hydrogens is 452 g/mol. The number of rotatable bonds is 6. The molecule has 0 radical (unpaired) electrons. The van der Waals surface area contributed by atoms with Crippen LogP contribution < -0.4 is 20.1 Å². The lowest BCUT2D eigenvalue weighted by Crippen LogP contribution is -2.48. The minimum Gasteiger partial charge on any atom is -0.486 e. The number of carbonyl (C=O) groups excluding carboxylic acids is 4. The van der Waals surface area contributed by atoms with Gasteiger partial charge in [0.25, 0.3) is 5.91 Å². The number of fused-ring (bicyclic) bond motifs is 1. The highest BCUT2D eigenvalue weighted by molar-refractivity contribution is 6.14. The standard InChI is InChI=1S/C26H28N2O7/c1-16-6-2-5-9-20(16)27-26(32)28-23(29)15-35-25(31)19-8-4-3-7-18(19)24(30)17-10-11-21-22(14-17)34-13-12-33-21/h3-4,7-8,10-11,14,16,20H,2,5-6,9,12-13,15H2,1H3,(H2,27,28,29,32)/t16-,20-/m0/s1. The fourth-order valence-corrected chi connectivity index (χ4v) is 4.31. The lowest BCUT2D eigenvalue weighted by Gasteiger charge is -2.29. The predicted molar refractivity (Wildman–Crippen MR) is 126 cm³/mol. The van der Waals surface area contributed by atoms with Gasteiger partial charge in [0.15, 0.2) is 23.9 Å². The van der Waals surface area contributed by atoms with Gasteiger partial charge >= 0.3 is 12.0 Å². The molecule has 4 rings (SSSR count). The molecule has 2 aliphatic rings. The zero-order chi connectivity index (χ0) is 24.8. The highest BCUT2D eigenvalue weighted by atomic mass is 16.6. The molecule has 3 amide bonds. The van der Waals surface area contributed by atoms with Gasteiger partial charge in [-0.25, -0.2) is 9.59 Å². The third-order valence-electron chi connectivity index (χ3n) is 6.21. The van der Waals surface area contributed by atoms with E-state index in [4.69, 9.17) is 14.2 Å². The van der Waals surface area contributed by atoms with E-state index in [9.17, 15) is 19.2 Å². The normalized spacial score (nSPS) is 18.8. The summed E-state index contributed by atoms with van der Waals surface area (Å²) < 4.78 is 16.1. The Morgan fingerprint density at radius 2 is 1.66 bits per heavy atom. The Labute approximate surface area is 203 Å². The monoisotopic (exact) mass is 480 g/mol. The van der Waals surface area contributed by atoms with E-state index in [-0.39, 0.29) is 17.2 Å². The van der Waals surface area contributed by atoms with E-state index in [0.29, 0.717) is 36.2 Å². The lowest BCUT2D eigenvalue weighted by atomic mass is 9.86. The van der Waals surface area contributed by atoms with Crippen LogP contribution in [-0.4, -0.2) is 49.6 Å². The second kappa shape index (κ2) is 11.0. The summed E-state index contributed by atoms with van der Waals surface area (Å²) in [5.74, 6) is -0.656. The van der Waals surface area contributed by atoms with Crippen molar-refractivity contribution in [2.45, 2.75) is 38.6 Å². The second-order valence-electron chi connectivity index (χ2n) is 8.70. The van der Waals surface area contributed by atoms with Crippen LogP contribution in [0.1, 0.15) is 58.9 Å². The average molecular weight is 481 g/mol. The van der Waals surface area contributed by atoms with Crippen LogP contribution in [0.25, 0.3) is 0 Å². The molecule has 2 N–H and O–H groups in total. The largest absolute Gasteiger partial charge is 0.486 e. The SMILES string of the molecule is C[C@H]1CCCC[C@@H]1NC(=O)NC(=O)COC(=O)c1ccccc1C(=O)c1ccc2c(c1)OCCO2. The fourth-order valence-electron chi connectivity index (χ4n) is 4.31. The van der Waals surface area contributed by atoms with E-state index in [1.807, 2.05) is 0 Å². The first-order chi connectivity index (χ1) is 16.9. The van der Waals surface area contributed by atoms with Crippen molar-refractivity contribution in [3.63, 3.8) is 0 Å². The van der Waals surface area contributed by atoms with Gasteiger partial charge < -0.3 is 19.5 Å². The number of amides is 3. The van der Waals surface area contributed by atoms with Crippen LogP contribution in [0.5, 0.6) is 11.5 Å². The van der Waals surface area contributed by atoms with E-state index in [1.54, 1.807) is 30.3 Å². The summed E-state index contributed by atoms with van der Waals surface area (Å²) in [5.41, 5.74) is 0.458. The number of imide groups is 1. The maximum absolute atomic E-state index is 13.1. The Morgan fingerprint density at radius 3 is 2.43 bits per heavy atom. The van der Waals surface area contributed by atoms with Gasteiger partial charge in [-0.1, -0.05) is 38.0 Å². The molecule has 184 valence electrons. The summed E-state index contributed by atoms with van der Waals surface area (Å²) in [6, 6.07) is 10.4. The Hall–Kier alpha value is -3.88. The number of ketones is 1. The zero-order valence-electron chi connectivity index (χ0n) is 19.5. The van der Waals surface area contributed by atoms with Crippen LogP contribution in [0.4, 0.5) is 4.79 Å². The highest BCUT2D eigenvalue weighted by Gasteiger charge is 2.25. The third kappa shape index (κ3) is 5.98. The molecule has 1 aliphatic heterocycles. The van der Waals surface area contributed by atoms with Crippen LogP contribution in [0.15, 0.2) is 42.5 Å². The van der Waals surface area contributed by atoms with Crippen LogP contribution in [0, 0.1) is 5.92 Å². The summed E-state index contributed by atoms with van der Waals surface area (Å²) in [6.45, 7) is 2.23. The van der Waals surface area contributed by atoms with Crippen molar-refractivity contribution in [2.24, 2.45) is 5.92 Å². The van der Waals surface area contributed by atoms with Crippen LogP contribution in [-0.2, 0) is 9.53 Å². The van der Waals surface area contributed by atoms with Crippen molar-refractivity contribution in [3.05, 3.63) is 59.2 Å². The molecule has 0 spiro atoms. The molecule has 35 heavy (non-hydrogen) atoms. The molecule has 2 aromatic rings. The van der Waals surface area contributed by atoms with Gasteiger partial charge in [-0.15, -0.1) is 0 Å². The number of nitrogens with one attached hydrogen (secondary N) is 2. The number of ether oxygens (including phenoxy) is 3. The molecule has 1 aliphatic carbocycles. The Kier molecular flexibility index (Phi) is 7.64. The van der Waals surface area contributed by atoms with Gasteiger partial charge in [-0.2, -0.15) is 0 Å². The summed E-state index contributed by atoms with van der Waals surface area (Å²) in [7, 11) is 0. The quantitative estimate of drug-likeness (QED) is 0.481. The smallest absolute Gasteiger partial charge is 0.339 e. The molecule has 2 atom stereocenters. The molecule has 0 bridgehead atoms. The zero-order valence-corrected chi connectivity index (χ0v) is 19.5. The van der Waals surface area contributed by atoms with E-state index < -0.39 is 30.3 Å². The minimum atomic E-state index is -0.844. The first-order valence-corrected chi connectivity index (χ1v) is 11.7. The van der Waals surface area contributed by atoms with E-state index in [1.165, 1.54) is 12.1 Å². The summed E-state index contributed by atoms with van der Waals surface area (Å²) in [4.78, 5) is 50.1. The van der Waals surface area contributed by atoms with Gasteiger partial charge in [0.05, 0.1) is 5.56 Å². The Bertz CT molecular complexity index is 1130. The van der Waals surface area contributed by atoms with Crippen LogP contribution >= 0.6 is 0 Å². The maximum Gasteiger partial charge on any atom is 0.339 e. The average Bonchev–Trinajstić information content (AvgIpc) is 2.88. The molecule has 9 heteroatoms. The number of esters is 1. The van der Waals surface area contributed by atoms with Gasteiger partial charge in [0.2, 0.25) is 0 Å². The van der Waals surface area contributed by atoms with Gasteiger partial charge in [-0.05, 0) is 43.0 Å². The summed E-state index contributed by atoms with van der Waals surface area (Å²) in [5, 5.41) is 5.00.